The molecule has 1 saturated heterocycles. The summed E-state index contributed by atoms with van der Waals surface area (Å²) in [5, 5.41) is 10.7. The number of benzene rings is 2. The van der Waals surface area contributed by atoms with Crippen LogP contribution in [0.1, 0.15) is 22.3 Å². The monoisotopic (exact) mass is 493 g/mol. The van der Waals surface area contributed by atoms with Crippen molar-refractivity contribution in [3.63, 3.8) is 0 Å². The number of sulfone groups is 1. The zero-order chi connectivity index (χ0) is 24.7. The van der Waals surface area contributed by atoms with Crippen molar-refractivity contribution < 1.29 is 37.3 Å². The molecular formula is C24H31NO8S. The molecular weight excluding hydrogens is 462 g/mol. The average Bonchev–Trinajstić information content (AvgIpc) is 3.21. The lowest BCUT2D eigenvalue weighted by molar-refractivity contribution is 0.0524. The van der Waals surface area contributed by atoms with Gasteiger partial charge in [-0.15, -0.1) is 0 Å². The maximum Gasteiger partial charge on any atom is 0.203 e. The molecule has 0 aliphatic carbocycles. The highest BCUT2D eigenvalue weighted by Crippen LogP contribution is 2.38. The fourth-order valence-corrected chi connectivity index (χ4v) is 5.82. The summed E-state index contributed by atoms with van der Waals surface area (Å²) in [5.41, 5.74) is 1.30. The normalized spacial score (nSPS) is 17.9. The Bertz CT molecular complexity index is 1060. The van der Waals surface area contributed by atoms with Crippen LogP contribution in [0.5, 0.6) is 23.0 Å². The number of ether oxygens (including phenoxy) is 4. The molecule has 1 fully saturated rings. The van der Waals surface area contributed by atoms with E-state index in [4.69, 9.17) is 18.9 Å². The Hall–Kier alpha value is -2.82. The molecule has 3 rings (SSSR count). The molecule has 0 amide bonds. The van der Waals surface area contributed by atoms with Crippen LogP contribution in [0.3, 0.4) is 0 Å². The molecule has 1 aliphatic rings. The highest BCUT2D eigenvalue weighted by atomic mass is 32.2. The second kappa shape index (κ2) is 11.5. The van der Waals surface area contributed by atoms with Crippen LogP contribution in [0.2, 0.25) is 0 Å². The van der Waals surface area contributed by atoms with E-state index in [0.717, 1.165) is 11.8 Å². The van der Waals surface area contributed by atoms with Gasteiger partial charge in [0.2, 0.25) is 5.75 Å². The van der Waals surface area contributed by atoms with Gasteiger partial charge in [-0.1, -0.05) is 12.1 Å². The van der Waals surface area contributed by atoms with Gasteiger partial charge in [-0.2, -0.15) is 0 Å². The van der Waals surface area contributed by atoms with Crippen LogP contribution in [0.4, 0.5) is 0 Å². The lowest BCUT2D eigenvalue weighted by atomic mass is 10.1. The standard InChI is InChI=1S/C24H31NO8S/c1-30-22-10-18(11-23(31-2)24(22)32-3)12-25(19-7-8-34(28,29)16-19)13-20(27)15-33-21-6-4-5-17(9-21)14-26/h4-6,9-11,14,19-20,27H,7-8,12-13,15-16H2,1-3H3. The number of carbonyl (C=O) groups is 1. The molecule has 0 bridgehead atoms. The van der Waals surface area contributed by atoms with Gasteiger partial charge < -0.3 is 24.1 Å². The molecule has 10 heteroatoms. The first-order valence-electron chi connectivity index (χ1n) is 10.9. The van der Waals surface area contributed by atoms with E-state index in [1.165, 1.54) is 21.3 Å². The molecule has 1 aliphatic heterocycles. The number of rotatable bonds is 12. The van der Waals surface area contributed by atoms with Gasteiger partial charge >= 0.3 is 0 Å². The minimum atomic E-state index is -3.12. The molecule has 1 heterocycles. The molecule has 2 aromatic rings. The Morgan fingerprint density at radius 2 is 1.82 bits per heavy atom. The molecule has 0 radical (unpaired) electrons. The number of aliphatic hydroxyl groups is 1. The van der Waals surface area contributed by atoms with E-state index >= 15 is 0 Å². The van der Waals surface area contributed by atoms with E-state index in [0.29, 0.717) is 41.5 Å². The second-order valence-electron chi connectivity index (χ2n) is 8.18. The molecule has 186 valence electrons. The Balaban J connectivity index is 1.77. The number of methoxy groups -OCH3 is 3. The van der Waals surface area contributed by atoms with Gasteiger partial charge in [0.25, 0.3) is 0 Å². The van der Waals surface area contributed by atoms with Crippen LogP contribution in [0.25, 0.3) is 0 Å². The third-order valence-corrected chi connectivity index (χ3v) is 7.47. The molecule has 2 unspecified atom stereocenters. The van der Waals surface area contributed by atoms with Crippen molar-refractivity contribution in [2.24, 2.45) is 0 Å². The summed E-state index contributed by atoms with van der Waals surface area (Å²) in [7, 11) is 1.46. The molecule has 0 saturated carbocycles. The molecule has 2 aromatic carbocycles. The molecule has 0 aromatic heterocycles. The van der Waals surface area contributed by atoms with Gasteiger partial charge in [0.1, 0.15) is 24.7 Å². The van der Waals surface area contributed by atoms with Crippen LogP contribution < -0.4 is 18.9 Å². The van der Waals surface area contributed by atoms with Gasteiger partial charge in [-0.25, -0.2) is 8.42 Å². The molecule has 0 spiro atoms. The van der Waals surface area contributed by atoms with Crippen molar-refractivity contribution in [3.05, 3.63) is 47.5 Å². The Morgan fingerprint density at radius 1 is 1.12 bits per heavy atom. The Labute approximate surface area is 200 Å². The third kappa shape index (κ3) is 6.62. The summed E-state index contributed by atoms with van der Waals surface area (Å²) in [6.07, 6.45) is 0.329. The summed E-state index contributed by atoms with van der Waals surface area (Å²) < 4.78 is 46.2. The van der Waals surface area contributed by atoms with Gasteiger partial charge in [0, 0.05) is 24.7 Å². The van der Waals surface area contributed by atoms with Crippen LogP contribution in [0, 0.1) is 0 Å². The largest absolute Gasteiger partial charge is 0.493 e. The summed E-state index contributed by atoms with van der Waals surface area (Å²) in [6, 6.07) is 10.0. The van der Waals surface area contributed by atoms with Crippen molar-refractivity contribution in [3.8, 4) is 23.0 Å². The number of nitrogens with zero attached hydrogens (tertiary/aromatic N) is 1. The highest BCUT2D eigenvalue weighted by molar-refractivity contribution is 7.91. The summed E-state index contributed by atoms with van der Waals surface area (Å²) in [4.78, 5) is 12.9. The van der Waals surface area contributed by atoms with Crippen LogP contribution >= 0.6 is 0 Å². The lowest BCUT2D eigenvalue weighted by Crippen LogP contribution is -2.42. The van der Waals surface area contributed by atoms with Gasteiger partial charge in [0.05, 0.1) is 32.8 Å². The maximum absolute atomic E-state index is 12.1. The summed E-state index contributed by atoms with van der Waals surface area (Å²) in [6.45, 7) is 0.562. The zero-order valence-electron chi connectivity index (χ0n) is 19.6. The quantitative estimate of drug-likeness (QED) is 0.444. The molecule has 9 nitrogen and oxygen atoms in total. The predicted octanol–water partition coefficient (Wildman–Crippen LogP) is 1.95. The van der Waals surface area contributed by atoms with Gasteiger partial charge in [-0.05, 0) is 36.2 Å². The number of aldehydes is 1. The van der Waals surface area contributed by atoms with Crippen molar-refractivity contribution in [2.75, 3.05) is 46.0 Å². The number of hydrogen-bond acceptors (Lipinski definition) is 9. The van der Waals surface area contributed by atoms with Crippen LogP contribution in [-0.4, -0.2) is 82.8 Å². The number of carbonyl (C=O) groups excluding carboxylic acids is 1. The highest BCUT2D eigenvalue weighted by Gasteiger charge is 2.33. The van der Waals surface area contributed by atoms with Gasteiger partial charge in [-0.3, -0.25) is 9.69 Å². The van der Waals surface area contributed by atoms with Crippen LogP contribution in [0.15, 0.2) is 36.4 Å². The van der Waals surface area contributed by atoms with Crippen molar-refractivity contribution >= 4 is 16.1 Å². The van der Waals surface area contributed by atoms with Crippen molar-refractivity contribution in [1.29, 1.82) is 0 Å². The molecule has 2 atom stereocenters. The first-order chi connectivity index (χ1) is 16.3. The van der Waals surface area contributed by atoms with E-state index in [2.05, 4.69) is 0 Å². The van der Waals surface area contributed by atoms with E-state index in [1.807, 2.05) is 17.0 Å². The predicted molar refractivity (Wildman–Crippen MR) is 127 cm³/mol. The average molecular weight is 494 g/mol. The van der Waals surface area contributed by atoms with E-state index < -0.39 is 15.9 Å². The zero-order valence-corrected chi connectivity index (χ0v) is 20.4. The lowest BCUT2D eigenvalue weighted by Gasteiger charge is -2.30. The minimum absolute atomic E-state index is 0.00641. The Morgan fingerprint density at radius 3 is 2.38 bits per heavy atom. The van der Waals surface area contributed by atoms with Crippen molar-refractivity contribution in [2.45, 2.75) is 25.1 Å². The topological polar surface area (TPSA) is 112 Å². The van der Waals surface area contributed by atoms with Crippen LogP contribution in [-0.2, 0) is 16.4 Å². The fraction of sp³-hybridized carbons (Fsp3) is 0.458. The first-order valence-corrected chi connectivity index (χ1v) is 12.7. The number of aliphatic hydroxyl groups excluding tert-OH is 1. The smallest absolute Gasteiger partial charge is 0.203 e. The molecule has 34 heavy (non-hydrogen) atoms. The van der Waals surface area contributed by atoms with E-state index in [-0.39, 0.29) is 30.7 Å². The first kappa shape index (κ1) is 25.8. The van der Waals surface area contributed by atoms with E-state index in [1.54, 1.807) is 24.3 Å². The summed E-state index contributed by atoms with van der Waals surface area (Å²) >= 11 is 0. The minimum Gasteiger partial charge on any atom is -0.493 e. The summed E-state index contributed by atoms with van der Waals surface area (Å²) in [5.74, 6) is 2.09. The third-order valence-electron chi connectivity index (χ3n) is 5.72. The number of hydrogen-bond donors (Lipinski definition) is 1. The second-order valence-corrected chi connectivity index (χ2v) is 10.4. The fourth-order valence-electron chi connectivity index (χ4n) is 4.06. The molecule has 1 N–H and O–H groups in total. The Kier molecular flexibility index (Phi) is 8.76. The van der Waals surface area contributed by atoms with Crippen molar-refractivity contribution in [1.82, 2.24) is 4.90 Å². The maximum atomic E-state index is 12.1. The van der Waals surface area contributed by atoms with E-state index in [9.17, 15) is 18.3 Å². The van der Waals surface area contributed by atoms with Gasteiger partial charge in [0.15, 0.2) is 21.3 Å². The SMILES string of the molecule is COc1cc(CN(CC(O)COc2cccc(C=O)c2)C2CCS(=O)(=O)C2)cc(OC)c1OC.